The Bertz CT molecular complexity index is 6060. The molecule has 27 nitrogen and oxygen atoms in total. The summed E-state index contributed by atoms with van der Waals surface area (Å²) >= 11 is 3.60. The van der Waals surface area contributed by atoms with Crippen molar-refractivity contribution in [3.8, 4) is 28.3 Å². The van der Waals surface area contributed by atoms with Gasteiger partial charge in [-0.15, -0.1) is 0 Å². The van der Waals surface area contributed by atoms with Crippen LogP contribution in [0.15, 0.2) is 148 Å². The molecule has 0 saturated carbocycles. The molecule has 718 valence electrons. The molecule has 136 heavy (non-hydrogen) atoms. The van der Waals surface area contributed by atoms with Gasteiger partial charge in [0.25, 0.3) is 18.0 Å². The number of piperidine rings is 10. The first kappa shape index (κ1) is 94.1. The Labute approximate surface area is 803 Å². The summed E-state index contributed by atoms with van der Waals surface area (Å²) in [4.78, 5) is 78.8. The number of halogens is 3. The largest absolute Gasteiger partial charge is 0.497 e. The van der Waals surface area contributed by atoms with E-state index >= 15 is 0 Å². The summed E-state index contributed by atoms with van der Waals surface area (Å²) in [5, 5.41) is 5.75. The Kier molecular flexibility index (Phi) is 31.0. The lowest BCUT2D eigenvalue weighted by molar-refractivity contribution is -0.141. The van der Waals surface area contributed by atoms with Crippen LogP contribution in [0, 0.1) is 6.92 Å². The summed E-state index contributed by atoms with van der Waals surface area (Å²) in [6, 6.07) is 33.2. The first-order valence-electron chi connectivity index (χ1n) is 50.1. The van der Waals surface area contributed by atoms with Crippen molar-refractivity contribution in [2.75, 3.05) is 168 Å². The van der Waals surface area contributed by atoms with E-state index in [0.717, 1.165) is 171 Å². The highest BCUT2D eigenvalue weighted by Crippen LogP contribution is 2.39. The van der Waals surface area contributed by atoms with Crippen LogP contribution in [0.4, 0.5) is 47.3 Å². The molecule has 22 heterocycles. The number of alkyl halides is 3. The Morgan fingerprint density at radius 2 is 0.779 bits per heavy atom. The van der Waals surface area contributed by atoms with Gasteiger partial charge in [-0.1, -0.05) is 98.3 Å². The summed E-state index contributed by atoms with van der Waals surface area (Å²) in [6.07, 6.45) is 40.4. The van der Waals surface area contributed by atoms with Crippen LogP contribution in [0.1, 0.15) is 189 Å². The fourth-order valence-corrected chi connectivity index (χ4v) is 23.4. The van der Waals surface area contributed by atoms with Crippen molar-refractivity contribution in [1.82, 2.24) is 84.3 Å². The molecule has 0 amide bonds. The number of nitrogens with zero attached hydrogens (tertiary/aromatic N) is 22. The topological polar surface area (TPSA) is 248 Å². The van der Waals surface area contributed by atoms with Gasteiger partial charge in [-0.05, 0) is 279 Å². The zero-order valence-corrected chi connectivity index (χ0v) is 80.6. The van der Waals surface area contributed by atoms with Crippen LogP contribution in [0.25, 0.3) is 88.8 Å². The molecule has 10 saturated heterocycles. The molecule has 0 atom stereocenters. The van der Waals surface area contributed by atoms with Gasteiger partial charge in [0.05, 0.1) is 46.0 Å². The predicted octanol–water partition coefficient (Wildman–Crippen LogP) is 20.7. The molecule has 0 spiro atoms. The van der Waals surface area contributed by atoms with Crippen LogP contribution in [0.3, 0.4) is 0 Å². The molecule has 12 aromatic heterocycles. The predicted molar refractivity (Wildman–Crippen MR) is 540 cm³/mol. The van der Waals surface area contributed by atoms with Crippen LogP contribution < -0.4 is 34.6 Å². The molecule has 10 aliphatic rings. The molecular weight excluding hydrogens is 1760 g/mol. The molecular formula is C104H130F3N23O4S2. The van der Waals surface area contributed by atoms with Crippen LogP contribution in [0.5, 0.6) is 5.75 Å². The lowest BCUT2D eigenvalue weighted by Gasteiger charge is -2.40. The first-order chi connectivity index (χ1) is 66.7. The van der Waals surface area contributed by atoms with E-state index in [0.29, 0.717) is 63.8 Å². The lowest BCUT2D eigenvalue weighted by Crippen LogP contribution is -2.46. The number of pyridine rings is 7. The molecule has 0 unspecified atom stereocenters. The summed E-state index contributed by atoms with van der Waals surface area (Å²) in [5.74, 6) is 1.77. The normalized spacial score (nSPS) is 19.7. The van der Waals surface area contributed by atoms with E-state index in [1.165, 1.54) is 252 Å². The quantitative estimate of drug-likeness (QED) is 0.0838. The third kappa shape index (κ3) is 23.6. The highest BCUT2D eigenvalue weighted by atomic mass is 32.1. The van der Waals surface area contributed by atoms with Gasteiger partial charge in [-0.3, -0.25) is 4.98 Å². The number of aromatic nitrogens is 12. The van der Waals surface area contributed by atoms with E-state index in [1.807, 2.05) is 79.3 Å². The maximum Gasteiger partial charge on any atom is 0.433 e. The number of benzene rings is 1. The van der Waals surface area contributed by atoms with E-state index in [1.54, 1.807) is 42.9 Å². The fourth-order valence-electron chi connectivity index (χ4n) is 21.3. The Balaban J connectivity index is 0.000000110. The maximum absolute atomic E-state index is 13.0. The second kappa shape index (κ2) is 44.7. The molecule has 10 fully saturated rings. The van der Waals surface area contributed by atoms with Crippen molar-refractivity contribution in [3.05, 3.63) is 163 Å². The third-order valence-electron chi connectivity index (χ3n) is 29.1. The number of rotatable bonds is 18. The molecule has 1 N–H and O–H groups in total. The highest BCUT2D eigenvalue weighted by molar-refractivity contribution is 7.22. The molecule has 13 aromatic rings. The van der Waals surface area contributed by atoms with Gasteiger partial charge in [-0.25, -0.2) is 39.9 Å². The number of ether oxygens (including phenoxy) is 1. The molecule has 10 aliphatic heterocycles. The summed E-state index contributed by atoms with van der Waals surface area (Å²) in [6.45, 7) is 33.3. The second-order valence-corrected chi connectivity index (χ2v) is 40.1. The number of hydrogen-bond donors (Lipinski definition) is 1. The molecule has 0 radical (unpaired) electrons. The Morgan fingerprint density at radius 1 is 0.397 bits per heavy atom. The van der Waals surface area contributed by atoms with E-state index in [9.17, 15) is 13.2 Å². The third-order valence-corrected chi connectivity index (χ3v) is 31.2. The average molecular weight is 1890 g/mol. The van der Waals surface area contributed by atoms with Gasteiger partial charge in [-0.2, -0.15) is 28.1 Å². The second-order valence-electron chi connectivity index (χ2n) is 38.0. The minimum atomic E-state index is -4.49. The number of nitrogens with one attached hydrogen (secondary N) is 1. The van der Waals surface area contributed by atoms with Crippen molar-refractivity contribution in [3.63, 3.8) is 0 Å². The SMILES string of the molecule is C=Cc1cccc(-c2cnc3nc(N4CCC(N5CCCCC5)CC4)oc3c2)n1.C=Cc1cnc2nc(N3CCC(N4CCCCC4)CC3)oc2c1.COc1ccc(CNc2cc3sc(N4CCC(N5CCCCC5)CC4)nc3cn2)cc1.Cc1cc2sc(N3CCC(N4CCCCC4)CC3)nc2cn1.FC(F)(F)c1cccc(-c2cnc3nc(N4CCC(N5CCCCC5)CC4)oc3c2)n1. The lowest BCUT2D eigenvalue weighted by atomic mass is 10.0. The van der Waals surface area contributed by atoms with Gasteiger partial charge in [0, 0.05) is 144 Å². The van der Waals surface area contributed by atoms with Crippen LogP contribution in [0.2, 0.25) is 0 Å². The van der Waals surface area contributed by atoms with Gasteiger partial charge in [0.2, 0.25) is 16.9 Å². The van der Waals surface area contributed by atoms with Crippen LogP contribution in [-0.2, 0) is 12.7 Å². The smallest absolute Gasteiger partial charge is 0.433 e. The number of anilines is 6. The van der Waals surface area contributed by atoms with Gasteiger partial charge in [0.1, 0.15) is 28.3 Å². The molecule has 0 bridgehead atoms. The number of fused-ring (bicyclic) bond motifs is 5. The molecule has 1 aromatic carbocycles. The Morgan fingerprint density at radius 3 is 1.18 bits per heavy atom. The van der Waals surface area contributed by atoms with Gasteiger partial charge in [0.15, 0.2) is 27.0 Å². The number of oxazole rings is 3. The fraction of sp³-hybridized carbons (Fsp3) is 0.519. The van der Waals surface area contributed by atoms with Gasteiger partial charge < -0.3 is 72.3 Å². The van der Waals surface area contributed by atoms with Crippen LogP contribution >= 0.6 is 22.7 Å². The molecule has 23 rings (SSSR count). The zero-order valence-electron chi connectivity index (χ0n) is 79.0. The van der Waals surface area contributed by atoms with Gasteiger partial charge >= 0.3 is 6.18 Å². The number of aryl methyl sites for hydroxylation is 1. The number of hydrogen-bond acceptors (Lipinski definition) is 29. The van der Waals surface area contributed by atoms with E-state index in [-0.39, 0.29) is 5.69 Å². The van der Waals surface area contributed by atoms with Crippen molar-refractivity contribution < 1.29 is 31.2 Å². The minimum Gasteiger partial charge on any atom is -0.497 e. The van der Waals surface area contributed by atoms with Crippen molar-refractivity contribution in [2.45, 2.75) is 210 Å². The number of likely N-dealkylation sites (tertiary alicyclic amines) is 5. The zero-order chi connectivity index (χ0) is 92.7. The summed E-state index contributed by atoms with van der Waals surface area (Å²) in [7, 11) is 1.69. The minimum absolute atomic E-state index is 0.199. The number of methoxy groups -OCH3 is 1. The van der Waals surface area contributed by atoms with E-state index in [4.69, 9.17) is 28.0 Å². The summed E-state index contributed by atoms with van der Waals surface area (Å²) < 4.78 is 64.6. The first-order valence-corrected chi connectivity index (χ1v) is 51.7. The number of thiazole rings is 2. The molecule has 0 aliphatic carbocycles. The maximum atomic E-state index is 13.0. The standard InChI is InChI=1S/C24H31N5OS.C23H27N5O.C22H24F3N5O.C18H24N4O.C17H24N4S/c1-30-20-7-5-18(6-8-20)16-25-23-15-22-21(17-26-23)27-24(31-22)29-13-9-19(10-14-29)28-11-3-2-4-12-28;1-2-18-7-6-8-20(25-18)17-15-21-22(24-16-17)26-23(29-21)28-13-9-19(10-14-28)27-11-4-3-5-12-27;23-22(24,25)19-6-4-5-17(27-19)15-13-18-20(26-14-15)28-21(31-18)30-11-7-16(8-12-30)29-9-2-1-3-10-29;1-2-14-12-16-17(19-13-14)20-18(23-16)22-10-6-15(7-11-22)21-8-4-3-5-9-21;1-13-11-16-15(12-18-13)19-17(22-16)21-9-5-14(6-10-21)20-7-3-2-4-8-20/h5-8,15,17,19H,2-4,9-14,16H2,1H3,(H,25,26);2,6-8,15-16,19H,1,3-5,9-14H2;4-6,13-14,16H,1-3,7-12H2;2,12-13,15H,1,3-11H2;11-12,14H,2-10H2,1H3. The van der Waals surface area contributed by atoms with Crippen molar-refractivity contribution >= 4 is 123 Å². The van der Waals surface area contributed by atoms with E-state index in [2.05, 4.69) is 142 Å². The van der Waals surface area contributed by atoms with E-state index < -0.39 is 11.9 Å². The highest BCUT2D eigenvalue weighted by Gasteiger charge is 2.36. The Hall–Kier alpha value is -10.9. The van der Waals surface area contributed by atoms with Crippen LogP contribution in [-0.4, -0.2) is 253 Å². The monoisotopic (exact) mass is 1890 g/mol. The van der Waals surface area contributed by atoms with Crippen molar-refractivity contribution in [2.24, 2.45) is 0 Å². The van der Waals surface area contributed by atoms with Crippen molar-refractivity contribution in [1.29, 1.82) is 0 Å². The average Bonchev–Trinajstić information content (AvgIpc) is 1.61. The molecule has 32 heteroatoms. The summed E-state index contributed by atoms with van der Waals surface area (Å²) in [5.41, 5.74) is 11.3.